The predicted octanol–water partition coefficient (Wildman–Crippen LogP) is 5.02. The fourth-order valence-corrected chi connectivity index (χ4v) is 4.22. The predicted molar refractivity (Wildman–Crippen MR) is 119 cm³/mol. The minimum atomic E-state index is -1.35. The van der Waals surface area contributed by atoms with Crippen molar-refractivity contribution in [1.29, 1.82) is 0 Å². The lowest BCUT2D eigenvalue weighted by Crippen LogP contribution is -2.49. The van der Waals surface area contributed by atoms with E-state index in [0.29, 0.717) is 23.1 Å². The molecule has 1 aliphatic carbocycles. The van der Waals surface area contributed by atoms with Crippen LogP contribution in [0, 0.1) is 5.41 Å². The van der Waals surface area contributed by atoms with Gasteiger partial charge in [0.25, 0.3) is 0 Å². The van der Waals surface area contributed by atoms with Crippen molar-refractivity contribution in [2.45, 2.75) is 46.1 Å². The maximum Gasteiger partial charge on any atom is 0.328 e. The Morgan fingerprint density at radius 1 is 1.13 bits per heavy atom. The maximum absolute atomic E-state index is 13.0. The highest BCUT2D eigenvalue weighted by atomic mass is 16.4. The number of allylic oxidation sites excluding steroid dienone is 3. The van der Waals surface area contributed by atoms with Crippen LogP contribution >= 0.6 is 0 Å². The molecule has 2 N–H and O–H groups in total. The molecule has 156 valence electrons. The summed E-state index contributed by atoms with van der Waals surface area (Å²) in [6.45, 7) is 7.20. The molecule has 1 atom stereocenters. The lowest BCUT2D eigenvalue weighted by Gasteiger charge is -2.46. The Kier molecular flexibility index (Phi) is 5.82. The molecule has 0 aromatic heterocycles. The van der Waals surface area contributed by atoms with Crippen LogP contribution < -0.4 is 0 Å². The molecule has 0 saturated carbocycles. The highest BCUT2D eigenvalue weighted by Crippen LogP contribution is 2.47. The number of hydrogen-bond donors (Lipinski definition) is 2. The van der Waals surface area contributed by atoms with Crippen LogP contribution in [0.1, 0.15) is 39.7 Å². The van der Waals surface area contributed by atoms with Crippen molar-refractivity contribution in [1.82, 2.24) is 0 Å². The third-order valence-electron chi connectivity index (χ3n) is 6.13. The number of ketones is 1. The molecule has 2 aromatic carbocycles. The van der Waals surface area contributed by atoms with Gasteiger partial charge in [-0.25, -0.2) is 4.79 Å². The number of carboxylic acids is 1. The lowest BCUT2D eigenvalue weighted by atomic mass is 9.62. The average molecular weight is 405 g/mol. The third kappa shape index (κ3) is 4.14. The van der Waals surface area contributed by atoms with E-state index in [-0.39, 0.29) is 12.2 Å². The normalized spacial score (nSPS) is 22.2. The second-order valence-corrected chi connectivity index (χ2v) is 8.77. The van der Waals surface area contributed by atoms with E-state index >= 15 is 0 Å². The number of aliphatic carboxylic acids is 1. The molecule has 0 unspecified atom stereocenters. The number of fused-ring (bicyclic) bond motifs is 1. The average Bonchev–Trinajstić information content (AvgIpc) is 2.67. The first-order valence-corrected chi connectivity index (χ1v) is 10.1. The molecule has 30 heavy (non-hydrogen) atoms. The molecule has 4 heteroatoms. The number of aliphatic hydroxyl groups is 1. The van der Waals surface area contributed by atoms with Gasteiger partial charge in [0.1, 0.15) is 5.60 Å². The van der Waals surface area contributed by atoms with E-state index in [1.165, 1.54) is 0 Å². The second kappa shape index (κ2) is 8.04. The number of benzene rings is 2. The number of rotatable bonds is 5. The van der Waals surface area contributed by atoms with Crippen molar-refractivity contribution in [3.05, 3.63) is 83.0 Å². The summed E-state index contributed by atoms with van der Waals surface area (Å²) >= 11 is 0. The first-order chi connectivity index (χ1) is 14.0. The van der Waals surface area contributed by atoms with Crippen molar-refractivity contribution in [2.24, 2.45) is 5.41 Å². The molecule has 0 fully saturated rings. The quantitative estimate of drug-likeness (QED) is 0.542. The molecule has 0 spiro atoms. The standard InChI is InChI=1S/C26H28O4/c1-17(13-24(28)29)11-12-26(30)18(2)22(23(27)16-25(26,3)4)15-19-9-10-20-7-5-6-8-21(20)14-19/h5-14,30H,15-16H2,1-4H3,(H,28,29)/t26-/m1/s1. The van der Waals surface area contributed by atoms with Gasteiger partial charge in [-0.1, -0.05) is 62.4 Å². The molecule has 0 heterocycles. The summed E-state index contributed by atoms with van der Waals surface area (Å²) in [4.78, 5) is 23.9. The van der Waals surface area contributed by atoms with E-state index in [1.807, 2.05) is 44.2 Å². The van der Waals surface area contributed by atoms with Gasteiger partial charge in [0, 0.05) is 29.9 Å². The Hall–Kier alpha value is -2.98. The van der Waals surface area contributed by atoms with Gasteiger partial charge < -0.3 is 10.2 Å². The van der Waals surface area contributed by atoms with Crippen LogP contribution in [0.3, 0.4) is 0 Å². The van der Waals surface area contributed by atoms with Crippen molar-refractivity contribution in [3.63, 3.8) is 0 Å². The van der Waals surface area contributed by atoms with Gasteiger partial charge in [-0.3, -0.25) is 4.79 Å². The Bertz CT molecular complexity index is 1100. The fraction of sp³-hybridized carbons (Fsp3) is 0.308. The van der Waals surface area contributed by atoms with E-state index in [4.69, 9.17) is 5.11 Å². The maximum atomic E-state index is 13.0. The molecule has 3 rings (SSSR count). The summed E-state index contributed by atoms with van der Waals surface area (Å²) in [5, 5.41) is 22.8. The summed E-state index contributed by atoms with van der Waals surface area (Å²) in [5.74, 6) is -0.993. The minimum absolute atomic E-state index is 0.0431. The minimum Gasteiger partial charge on any atom is -0.478 e. The van der Waals surface area contributed by atoms with Gasteiger partial charge in [-0.2, -0.15) is 0 Å². The Labute approximate surface area is 177 Å². The van der Waals surface area contributed by atoms with Gasteiger partial charge >= 0.3 is 5.97 Å². The van der Waals surface area contributed by atoms with E-state index in [0.717, 1.165) is 22.4 Å². The zero-order valence-corrected chi connectivity index (χ0v) is 17.9. The van der Waals surface area contributed by atoms with Gasteiger partial charge in [0.05, 0.1) is 0 Å². The highest BCUT2D eigenvalue weighted by Gasteiger charge is 2.49. The zero-order valence-electron chi connectivity index (χ0n) is 17.9. The van der Waals surface area contributed by atoms with Crippen LogP contribution in [0.2, 0.25) is 0 Å². The molecule has 2 aromatic rings. The molecule has 0 saturated heterocycles. The van der Waals surface area contributed by atoms with Crippen molar-refractivity contribution in [3.8, 4) is 0 Å². The van der Waals surface area contributed by atoms with Gasteiger partial charge in [-0.05, 0) is 47.4 Å². The Balaban J connectivity index is 2.03. The summed E-state index contributed by atoms with van der Waals surface area (Å²) in [6, 6.07) is 14.2. The summed E-state index contributed by atoms with van der Waals surface area (Å²) < 4.78 is 0. The van der Waals surface area contributed by atoms with Crippen LogP contribution in [-0.2, 0) is 16.0 Å². The van der Waals surface area contributed by atoms with E-state index in [1.54, 1.807) is 26.0 Å². The number of carboxylic acid groups (broad SMARTS) is 1. The molecule has 0 aliphatic heterocycles. The van der Waals surface area contributed by atoms with Gasteiger partial charge in [0.15, 0.2) is 5.78 Å². The molecule has 0 amide bonds. The van der Waals surface area contributed by atoms with Gasteiger partial charge in [0.2, 0.25) is 0 Å². The van der Waals surface area contributed by atoms with Gasteiger partial charge in [-0.15, -0.1) is 0 Å². The van der Waals surface area contributed by atoms with Crippen LogP contribution in [0.25, 0.3) is 10.8 Å². The Morgan fingerprint density at radius 2 is 1.80 bits per heavy atom. The number of hydrogen-bond acceptors (Lipinski definition) is 3. The molecule has 0 bridgehead atoms. The van der Waals surface area contributed by atoms with Crippen LogP contribution in [0.5, 0.6) is 0 Å². The third-order valence-corrected chi connectivity index (χ3v) is 6.13. The van der Waals surface area contributed by atoms with E-state index in [2.05, 4.69) is 12.1 Å². The van der Waals surface area contributed by atoms with E-state index < -0.39 is 17.0 Å². The topological polar surface area (TPSA) is 74.6 Å². The molecular weight excluding hydrogens is 376 g/mol. The summed E-state index contributed by atoms with van der Waals surface area (Å²) in [5.41, 5.74) is 0.728. The lowest BCUT2D eigenvalue weighted by molar-refractivity contribution is -0.131. The summed E-state index contributed by atoms with van der Waals surface area (Å²) in [7, 11) is 0. The molecule has 0 radical (unpaired) electrons. The van der Waals surface area contributed by atoms with Crippen molar-refractivity contribution in [2.75, 3.05) is 0 Å². The molecule has 4 nitrogen and oxygen atoms in total. The van der Waals surface area contributed by atoms with Crippen LogP contribution in [0.4, 0.5) is 0 Å². The van der Waals surface area contributed by atoms with E-state index in [9.17, 15) is 14.7 Å². The van der Waals surface area contributed by atoms with Crippen LogP contribution in [0.15, 0.2) is 77.4 Å². The summed E-state index contributed by atoms with van der Waals surface area (Å²) in [6.07, 6.45) is 5.00. The largest absolute Gasteiger partial charge is 0.478 e. The van der Waals surface area contributed by atoms with Crippen molar-refractivity contribution < 1.29 is 19.8 Å². The molecular formula is C26H28O4. The fourth-order valence-electron chi connectivity index (χ4n) is 4.22. The SMILES string of the molecule is CC(C=C[C@@]1(O)C(C)=C(Cc2ccc3ccccc3c2)C(=O)CC1(C)C)=CC(=O)O. The first-order valence-electron chi connectivity index (χ1n) is 10.1. The number of carbonyl (C=O) groups is 2. The second-order valence-electron chi connectivity index (χ2n) is 8.77. The smallest absolute Gasteiger partial charge is 0.328 e. The van der Waals surface area contributed by atoms with Crippen LogP contribution in [-0.4, -0.2) is 27.6 Å². The highest BCUT2D eigenvalue weighted by molar-refractivity contribution is 5.99. The number of carbonyl (C=O) groups excluding carboxylic acids is 1. The monoisotopic (exact) mass is 404 g/mol. The first kappa shape index (κ1) is 21.7. The van der Waals surface area contributed by atoms with Crippen molar-refractivity contribution >= 4 is 22.5 Å². The zero-order chi connectivity index (χ0) is 22.1. The Morgan fingerprint density at radius 3 is 2.47 bits per heavy atom. The molecule has 1 aliphatic rings. The number of Topliss-reactive ketones (excluding diaryl/α,β-unsaturated/α-hetero) is 1.